The van der Waals surface area contributed by atoms with Gasteiger partial charge in [-0.2, -0.15) is 0 Å². The molecule has 21 heavy (non-hydrogen) atoms. The lowest BCUT2D eigenvalue weighted by Gasteiger charge is -2.17. The van der Waals surface area contributed by atoms with Crippen LogP contribution >= 0.6 is 0 Å². The zero-order valence-corrected chi connectivity index (χ0v) is 12.0. The van der Waals surface area contributed by atoms with Crippen molar-refractivity contribution < 1.29 is 14.7 Å². The molecule has 0 aliphatic rings. The Bertz CT molecular complexity index is 664. The first-order valence-electron chi connectivity index (χ1n) is 6.50. The Morgan fingerprint density at radius 1 is 1.33 bits per heavy atom. The molecular formula is C15H17N3O3. The lowest BCUT2D eigenvalue weighted by molar-refractivity contribution is -0.129. The lowest BCUT2D eigenvalue weighted by atomic mass is 10.0. The van der Waals surface area contributed by atoms with Crippen LogP contribution in [0, 0.1) is 0 Å². The average molecular weight is 287 g/mol. The fourth-order valence-corrected chi connectivity index (χ4v) is 2.03. The van der Waals surface area contributed by atoms with Crippen LogP contribution in [-0.4, -0.2) is 38.5 Å². The molecule has 2 aromatic rings. The zero-order valence-electron chi connectivity index (χ0n) is 12.0. The second-order valence-corrected chi connectivity index (χ2v) is 4.84. The van der Waals surface area contributed by atoms with E-state index in [4.69, 9.17) is 5.11 Å². The van der Waals surface area contributed by atoms with E-state index in [0.29, 0.717) is 12.1 Å². The zero-order chi connectivity index (χ0) is 15.4. The Hall–Kier alpha value is -2.63. The Kier molecular flexibility index (Phi) is 4.37. The van der Waals surface area contributed by atoms with E-state index in [1.54, 1.807) is 36.3 Å². The van der Waals surface area contributed by atoms with Crippen LogP contribution < -0.4 is 0 Å². The van der Waals surface area contributed by atoms with Crippen molar-refractivity contribution in [2.24, 2.45) is 7.05 Å². The average Bonchev–Trinajstić information content (AvgIpc) is 2.84. The van der Waals surface area contributed by atoms with Gasteiger partial charge in [0.25, 0.3) is 0 Å². The Morgan fingerprint density at radius 3 is 2.67 bits per heavy atom. The number of aromatic nitrogens is 2. The fourth-order valence-electron chi connectivity index (χ4n) is 2.03. The van der Waals surface area contributed by atoms with Crippen molar-refractivity contribution in [2.45, 2.75) is 13.0 Å². The van der Waals surface area contributed by atoms with Gasteiger partial charge in [-0.15, -0.1) is 0 Å². The number of aryl methyl sites for hydroxylation is 1. The minimum absolute atomic E-state index is 0.0589. The van der Waals surface area contributed by atoms with Crippen LogP contribution in [0.15, 0.2) is 36.7 Å². The van der Waals surface area contributed by atoms with E-state index in [2.05, 4.69) is 4.98 Å². The van der Waals surface area contributed by atoms with Gasteiger partial charge in [0.1, 0.15) is 5.82 Å². The third-order valence-electron chi connectivity index (χ3n) is 3.31. The minimum atomic E-state index is -1.02. The number of benzene rings is 1. The highest BCUT2D eigenvalue weighted by atomic mass is 16.4. The molecule has 0 spiro atoms. The number of rotatable bonds is 5. The monoisotopic (exact) mass is 287 g/mol. The standard InChI is InChI=1S/C15H17N3O3/c1-17-8-7-16-13(17)10-18(2)14(19)9-11-5-3-4-6-12(11)15(20)21/h3-8H,9-10H2,1-2H3,(H,20,21). The number of hydrogen-bond donors (Lipinski definition) is 1. The van der Waals surface area contributed by atoms with Gasteiger partial charge in [-0.25, -0.2) is 9.78 Å². The summed E-state index contributed by atoms with van der Waals surface area (Å²) in [4.78, 5) is 29.1. The Labute approximate surface area is 122 Å². The van der Waals surface area contributed by atoms with Gasteiger partial charge in [0.15, 0.2) is 0 Å². The van der Waals surface area contributed by atoms with Gasteiger partial charge in [-0.1, -0.05) is 18.2 Å². The summed E-state index contributed by atoms with van der Waals surface area (Å²) in [7, 11) is 3.54. The molecule has 1 N–H and O–H groups in total. The summed E-state index contributed by atoms with van der Waals surface area (Å²) in [6.07, 6.45) is 3.55. The first-order valence-corrected chi connectivity index (χ1v) is 6.50. The van der Waals surface area contributed by atoms with Crippen molar-refractivity contribution >= 4 is 11.9 Å². The number of amides is 1. The SMILES string of the molecule is CN(Cc1nccn1C)C(=O)Cc1ccccc1C(=O)O. The second kappa shape index (κ2) is 6.21. The molecule has 0 fully saturated rings. The predicted molar refractivity (Wildman–Crippen MR) is 76.8 cm³/mol. The maximum Gasteiger partial charge on any atom is 0.335 e. The number of nitrogens with zero attached hydrogens (tertiary/aromatic N) is 3. The summed E-state index contributed by atoms with van der Waals surface area (Å²) in [5.74, 6) is -0.394. The third-order valence-corrected chi connectivity index (χ3v) is 3.31. The van der Waals surface area contributed by atoms with Crippen LogP contribution in [0.3, 0.4) is 0 Å². The normalized spacial score (nSPS) is 10.4. The molecule has 1 heterocycles. The van der Waals surface area contributed by atoms with E-state index in [-0.39, 0.29) is 17.9 Å². The van der Waals surface area contributed by atoms with Crippen molar-refractivity contribution in [1.29, 1.82) is 0 Å². The summed E-state index contributed by atoms with van der Waals surface area (Å²) >= 11 is 0. The van der Waals surface area contributed by atoms with Crippen LogP contribution in [0.4, 0.5) is 0 Å². The molecule has 0 aliphatic carbocycles. The van der Waals surface area contributed by atoms with Gasteiger partial charge < -0.3 is 14.6 Å². The molecule has 1 amide bonds. The number of carboxylic acids is 1. The summed E-state index contributed by atoms with van der Waals surface area (Å²) in [6, 6.07) is 6.54. The van der Waals surface area contributed by atoms with Crippen molar-refractivity contribution in [3.8, 4) is 0 Å². The Balaban J connectivity index is 2.08. The van der Waals surface area contributed by atoms with Crippen LogP contribution in [0.25, 0.3) is 0 Å². The summed E-state index contributed by atoms with van der Waals surface area (Å²) in [5.41, 5.74) is 0.679. The molecule has 0 atom stereocenters. The molecule has 0 aliphatic heterocycles. The quantitative estimate of drug-likeness (QED) is 0.900. The van der Waals surface area contributed by atoms with Crippen LogP contribution in [-0.2, 0) is 24.8 Å². The molecule has 0 saturated carbocycles. The molecule has 1 aromatic heterocycles. The van der Waals surface area contributed by atoms with E-state index in [0.717, 1.165) is 5.82 Å². The molecule has 6 heteroatoms. The van der Waals surface area contributed by atoms with Gasteiger partial charge in [0.05, 0.1) is 18.5 Å². The summed E-state index contributed by atoms with van der Waals surface area (Å²) in [5, 5.41) is 9.12. The van der Waals surface area contributed by atoms with Gasteiger partial charge in [0, 0.05) is 26.5 Å². The predicted octanol–water partition coefficient (Wildman–Crippen LogP) is 1.32. The van der Waals surface area contributed by atoms with Crippen molar-refractivity contribution in [3.05, 3.63) is 53.6 Å². The van der Waals surface area contributed by atoms with Crippen LogP contribution in [0.5, 0.6) is 0 Å². The van der Waals surface area contributed by atoms with Gasteiger partial charge in [-0.05, 0) is 11.6 Å². The molecule has 110 valence electrons. The number of aromatic carboxylic acids is 1. The minimum Gasteiger partial charge on any atom is -0.478 e. The van der Waals surface area contributed by atoms with Gasteiger partial charge in [0.2, 0.25) is 5.91 Å². The highest BCUT2D eigenvalue weighted by Crippen LogP contribution is 2.11. The van der Waals surface area contributed by atoms with Crippen LogP contribution in [0.2, 0.25) is 0 Å². The maximum atomic E-state index is 12.2. The van der Waals surface area contributed by atoms with Crippen molar-refractivity contribution in [3.63, 3.8) is 0 Å². The van der Waals surface area contributed by atoms with Gasteiger partial charge >= 0.3 is 5.97 Å². The molecule has 0 saturated heterocycles. The van der Waals surface area contributed by atoms with Crippen LogP contribution in [0.1, 0.15) is 21.7 Å². The third kappa shape index (κ3) is 3.47. The first kappa shape index (κ1) is 14.8. The molecule has 1 aromatic carbocycles. The van der Waals surface area contributed by atoms with E-state index >= 15 is 0 Å². The number of imidazole rings is 1. The molecule has 0 radical (unpaired) electrons. The van der Waals surface area contributed by atoms with E-state index in [1.807, 2.05) is 17.8 Å². The highest BCUT2D eigenvalue weighted by Gasteiger charge is 2.16. The largest absolute Gasteiger partial charge is 0.478 e. The highest BCUT2D eigenvalue weighted by molar-refractivity contribution is 5.91. The van der Waals surface area contributed by atoms with Crippen molar-refractivity contribution in [1.82, 2.24) is 14.5 Å². The van der Waals surface area contributed by atoms with E-state index in [9.17, 15) is 9.59 Å². The number of carbonyl (C=O) groups is 2. The maximum absolute atomic E-state index is 12.2. The molecule has 0 unspecified atom stereocenters. The van der Waals surface area contributed by atoms with Crippen molar-refractivity contribution in [2.75, 3.05) is 7.05 Å². The fraction of sp³-hybridized carbons (Fsp3) is 0.267. The number of carbonyl (C=O) groups excluding carboxylic acids is 1. The number of likely N-dealkylation sites (N-methyl/N-ethyl adjacent to an activating group) is 1. The first-order chi connectivity index (χ1) is 9.99. The molecular weight excluding hydrogens is 270 g/mol. The number of carboxylic acid groups (broad SMARTS) is 1. The van der Waals surface area contributed by atoms with Gasteiger partial charge in [-0.3, -0.25) is 4.79 Å². The Morgan fingerprint density at radius 2 is 2.05 bits per heavy atom. The molecule has 2 rings (SSSR count). The second-order valence-electron chi connectivity index (χ2n) is 4.84. The summed E-state index contributed by atoms with van der Waals surface area (Å²) in [6.45, 7) is 0.386. The molecule has 6 nitrogen and oxygen atoms in total. The van der Waals surface area contributed by atoms with E-state index in [1.165, 1.54) is 6.07 Å². The summed E-state index contributed by atoms with van der Waals surface area (Å²) < 4.78 is 1.84. The topological polar surface area (TPSA) is 75.4 Å². The smallest absolute Gasteiger partial charge is 0.335 e. The molecule has 0 bridgehead atoms. The number of hydrogen-bond acceptors (Lipinski definition) is 3. The van der Waals surface area contributed by atoms with E-state index < -0.39 is 5.97 Å². The lowest BCUT2D eigenvalue weighted by Crippen LogP contribution is -2.29.